The molecule has 6 heteroatoms. The van der Waals surface area contributed by atoms with Crippen LogP contribution in [-0.4, -0.2) is 24.3 Å². The first-order valence-electron chi connectivity index (χ1n) is 7.30. The number of rotatable bonds is 4. The van der Waals surface area contributed by atoms with Gasteiger partial charge >= 0.3 is 0 Å². The van der Waals surface area contributed by atoms with Crippen LogP contribution in [0.1, 0.15) is 17.5 Å². The molecule has 1 aromatic heterocycles. The second-order valence-corrected chi connectivity index (χ2v) is 5.49. The number of aryl methyl sites for hydroxylation is 1. The van der Waals surface area contributed by atoms with E-state index in [1.54, 1.807) is 31.6 Å². The van der Waals surface area contributed by atoms with E-state index in [4.69, 9.17) is 0 Å². The standard InChI is InChI=1S/C17H16FN3O2/c1-21-16-6-15(18)14(5-12(16)2-3-17(21)23)13-4-11(7-19-9-13)8-20-10-22/h4-7,9-10H,2-3,8H2,1H3,(H,20,22). The van der Waals surface area contributed by atoms with Crippen LogP contribution in [-0.2, 0) is 22.6 Å². The summed E-state index contributed by atoms with van der Waals surface area (Å²) in [5, 5.41) is 2.56. The van der Waals surface area contributed by atoms with Crippen LogP contribution in [0.15, 0.2) is 30.6 Å². The monoisotopic (exact) mass is 313 g/mol. The Labute approximate surface area is 133 Å². The van der Waals surface area contributed by atoms with Gasteiger partial charge in [0, 0.05) is 49.2 Å². The molecule has 0 spiro atoms. The van der Waals surface area contributed by atoms with E-state index < -0.39 is 5.82 Å². The fourth-order valence-corrected chi connectivity index (χ4v) is 2.78. The van der Waals surface area contributed by atoms with Gasteiger partial charge in [-0.15, -0.1) is 0 Å². The molecule has 1 N–H and O–H groups in total. The van der Waals surface area contributed by atoms with Crippen LogP contribution in [0, 0.1) is 5.82 Å². The SMILES string of the molecule is CN1C(=O)CCc2cc(-c3cncc(CNC=O)c3)c(F)cc21. The van der Waals surface area contributed by atoms with Crippen molar-refractivity contribution in [3.63, 3.8) is 0 Å². The first kappa shape index (κ1) is 15.1. The average molecular weight is 313 g/mol. The van der Waals surface area contributed by atoms with Crippen LogP contribution in [0.25, 0.3) is 11.1 Å². The van der Waals surface area contributed by atoms with Gasteiger partial charge in [-0.3, -0.25) is 14.6 Å². The van der Waals surface area contributed by atoms with Crippen LogP contribution in [0.4, 0.5) is 10.1 Å². The molecular weight excluding hydrogens is 297 g/mol. The normalized spacial score (nSPS) is 13.7. The van der Waals surface area contributed by atoms with Crippen molar-refractivity contribution in [1.29, 1.82) is 0 Å². The topological polar surface area (TPSA) is 62.3 Å². The molecule has 3 rings (SSSR count). The summed E-state index contributed by atoms with van der Waals surface area (Å²) in [6.45, 7) is 0.341. The molecule has 118 valence electrons. The number of aromatic nitrogens is 1. The molecule has 5 nitrogen and oxygen atoms in total. The van der Waals surface area contributed by atoms with Crippen molar-refractivity contribution in [3.05, 3.63) is 47.5 Å². The molecule has 2 amide bonds. The van der Waals surface area contributed by atoms with E-state index in [9.17, 15) is 14.0 Å². The van der Waals surface area contributed by atoms with Gasteiger partial charge in [0.1, 0.15) is 5.82 Å². The zero-order valence-corrected chi connectivity index (χ0v) is 12.7. The van der Waals surface area contributed by atoms with Gasteiger partial charge in [0.15, 0.2) is 0 Å². The molecular formula is C17H16FN3O2. The number of benzene rings is 1. The predicted molar refractivity (Wildman–Crippen MR) is 84.3 cm³/mol. The maximum Gasteiger partial charge on any atom is 0.227 e. The van der Waals surface area contributed by atoms with E-state index in [0.717, 1.165) is 11.1 Å². The van der Waals surface area contributed by atoms with Crippen LogP contribution >= 0.6 is 0 Å². The third kappa shape index (κ3) is 2.92. The Morgan fingerprint density at radius 2 is 2.13 bits per heavy atom. The molecule has 0 bridgehead atoms. The molecule has 2 heterocycles. The minimum Gasteiger partial charge on any atom is -0.355 e. The number of amides is 2. The summed E-state index contributed by atoms with van der Waals surface area (Å²) in [7, 11) is 1.66. The minimum atomic E-state index is -0.396. The largest absolute Gasteiger partial charge is 0.355 e. The van der Waals surface area contributed by atoms with Gasteiger partial charge in [0.2, 0.25) is 12.3 Å². The van der Waals surface area contributed by atoms with Gasteiger partial charge in [0.05, 0.1) is 0 Å². The van der Waals surface area contributed by atoms with Crippen molar-refractivity contribution in [3.8, 4) is 11.1 Å². The number of anilines is 1. The third-order valence-electron chi connectivity index (χ3n) is 4.01. The Morgan fingerprint density at radius 1 is 1.30 bits per heavy atom. The Hall–Kier alpha value is -2.76. The molecule has 0 unspecified atom stereocenters. The van der Waals surface area contributed by atoms with Crippen LogP contribution in [0.5, 0.6) is 0 Å². The Balaban J connectivity index is 2.01. The second-order valence-electron chi connectivity index (χ2n) is 5.49. The zero-order chi connectivity index (χ0) is 16.4. The van der Waals surface area contributed by atoms with Gasteiger partial charge in [-0.2, -0.15) is 0 Å². The summed E-state index contributed by atoms with van der Waals surface area (Å²) in [5.41, 5.74) is 3.45. The van der Waals surface area contributed by atoms with Crippen molar-refractivity contribution in [2.45, 2.75) is 19.4 Å². The summed E-state index contributed by atoms with van der Waals surface area (Å²) in [4.78, 5) is 27.7. The molecule has 0 atom stereocenters. The first-order chi connectivity index (χ1) is 11.1. The lowest BCUT2D eigenvalue weighted by molar-refractivity contribution is -0.118. The molecule has 0 saturated heterocycles. The number of carbonyl (C=O) groups is 2. The quantitative estimate of drug-likeness (QED) is 0.879. The molecule has 1 aliphatic heterocycles. The molecule has 23 heavy (non-hydrogen) atoms. The number of carbonyl (C=O) groups excluding carboxylic acids is 2. The molecule has 0 radical (unpaired) electrons. The van der Waals surface area contributed by atoms with E-state index in [1.165, 1.54) is 11.0 Å². The molecule has 2 aromatic rings. The van der Waals surface area contributed by atoms with E-state index in [-0.39, 0.29) is 5.91 Å². The summed E-state index contributed by atoms with van der Waals surface area (Å²) in [5.74, 6) is -0.402. The van der Waals surface area contributed by atoms with Gasteiger partial charge in [-0.25, -0.2) is 4.39 Å². The second kappa shape index (κ2) is 6.16. The molecule has 0 aliphatic carbocycles. The molecule has 0 saturated carbocycles. The fraction of sp³-hybridized carbons (Fsp3) is 0.235. The zero-order valence-electron chi connectivity index (χ0n) is 12.7. The highest BCUT2D eigenvalue weighted by molar-refractivity contribution is 5.96. The Morgan fingerprint density at radius 3 is 2.91 bits per heavy atom. The van der Waals surface area contributed by atoms with Gasteiger partial charge in [-0.1, -0.05) is 0 Å². The maximum absolute atomic E-state index is 14.5. The number of hydrogen-bond donors (Lipinski definition) is 1. The number of hydrogen-bond acceptors (Lipinski definition) is 3. The average Bonchev–Trinajstić information content (AvgIpc) is 2.57. The van der Waals surface area contributed by atoms with Crippen molar-refractivity contribution in [2.24, 2.45) is 0 Å². The lowest BCUT2D eigenvalue weighted by Crippen LogP contribution is -2.31. The lowest BCUT2D eigenvalue weighted by Gasteiger charge is -2.26. The van der Waals surface area contributed by atoms with E-state index in [1.807, 2.05) is 0 Å². The summed E-state index contributed by atoms with van der Waals surface area (Å²) in [6.07, 6.45) is 4.86. The van der Waals surface area contributed by atoms with E-state index in [0.29, 0.717) is 42.6 Å². The van der Waals surface area contributed by atoms with Crippen molar-refractivity contribution in [1.82, 2.24) is 10.3 Å². The Kier molecular flexibility index (Phi) is 4.06. The van der Waals surface area contributed by atoms with E-state index in [2.05, 4.69) is 10.3 Å². The van der Waals surface area contributed by atoms with Crippen LogP contribution in [0.2, 0.25) is 0 Å². The van der Waals surface area contributed by atoms with Crippen molar-refractivity contribution < 1.29 is 14.0 Å². The molecule has 0 fully saturated rings. The number of halogens is 1. The highest BCUT2D eigenvalue weighted by atomic mass is 19.1. The molecule has 1 aliphatic rings. The number of nitrogens with one attached hydrogen (secondary N) is 1. The maximum atomic E-state index is 14.5. The smallest absolute Gasteiger partial charge is 0.227 e. The van der Waals surface area contributed by atoms with Gasteiger partial charge in [0.25, 0.3) is 0 Å². The Bertz CT molecular complexity index is 776. The number of nitrogens with zero attached hydrogens (tertiary/aromatic N) is 2. The van der Waals surface area contributed by atoms with Crippen molar-refractivity contribution >= 4 is 18.0 Å². The molecule has 1 aromatic carbocycles. The summed E-state index contributed by atoms with van der Waals surface area (Å²) in [6, 6.07) is 4.98. The first-order valence-corrected chi connectivity index (χ1v) is 7.30. The minimum absolute atomic E-state index is 0.00625. The highest BCUT2D eigenvalue weighted by Crippen LogP contribution is 2.33. The fourth-order valence-electron chi connectivity index (χ4n) is 2.78. The summed E-state index contributed by atoms with van der Waals surface area (Å²) < 4.78 is 14.5. The van der Waals surface area contributed by atoms with Gasteiger partial charge in [-0.05, 0) is 35.7 Å². The highest BCUT2D eigenvalue weighted by Gasteiger charge is 2.23. The summed E-state index contributed by atoms with van der Waals surface area (Å²) >= 11 is 0. The van der Waals surface area contributed by atoms with E-state index >= 15 is 0 Å². The number of pyridine rings is 1. The van der Waals surface area contributed by atoms with Gasteiger partial charge < -0.3 is 10.2 Å². The lowest BCUT2D eigenvalue weighted by atomic mass is 9.96. The van der Waals surface area contributed by atoms with Crippen LogP contribution in [0.3, 0.4) is 0 Å². The van der Waals surface area contributed by atoms with Crippen LogP contribution < -0.4 is 10.2 Å². The number of fused-ring (bicyclic) bond motifs is 1. The predicted octanol–water partition coefficient (Wildman–Crippen LogP) is 2.04. The third-order valence-corrected chi connectivity index (χ3v) is 4.01. The van der Waals surface area contributed by atoms with Crippen molar-refractivity contribution in [2.75, 3.05) is 11.9 Å².